The summed E-state index contributed by atoms with van der Waals surface area (Å²) in [4.78, 5) is 8.60. The van der Waals surface area contributed by atoms with Crippen molar-refractivity contribution in [2.24, 2.45) is 5.73 Å². The van der Waals surface area contributed by atoms with E-state index in [9.17, 15) is 0 Å². The van der Waals surface area contributed by atoms with Gasteiger partial charge in [-0.1, -0.05) is 0 Å². The molecule has 0 unspecified atom stereocenters. The molecular formula is C10H15N3O. The largest absolute Gasteiger partial charge is 0.370 e. The third-order valence-electron chi connectivity index (χ3n) is 2.90. The standard InChI is InChI=1S/C10H15N3O/c1-14-10(3-2-4-10)9-12-6-8(5-11)7-13-9/h6-7H,2-5,11H2,1H3. The summed E-state index contributed by atoms with van der Waals surface area (Å²) in [7, 11) is 1.72. The number of nitrogens with zero attached hydrogens (tertiary/aromatic N) is 2. The number of methoxy groups -OCH3 is 1. The van der Waals surface area contributed by atoms with Gasteiger partial charge in [0.1, 0.15) is 5.60 Å². The minimum atomic E-state index is -0.215. The summed E-state index contributed by atoms with van der Waals surface area (Å²) in [5.74, 6) is 0.795. The maximum absolute atomic E-state index is 5.48. The van der Waals surface area contributed by atoms with E-state index in [4.69, 9.17) is 10.5 Å². The van der Waals surface area contributed by atoms with Crippen molar-refractivity contribution in [3.05, 3.63) is 23.8 Å². The normalized spacial score (nSPS) is 19.0. The number of hydrogen-bond acceptors (Lipinski definition) is 4. The van der Waals surface area contributed by atoms with E-state index < -0.39 is 0 Å². The minimum Gasteiger partial charge on any atom is -0.370 e. The molecule has 2 N–H and O–H groups in total. The Labute approximate surface area is 83.5 Å². The molecule has 0 aromatic carbocycles. The molecule has 1 heterocycles. The van der Waals surface area contributed by atoms with Crippen LogP contribution >= 0.6 is 0 Å². The van der Waals surface area contributed by atoms with E-state index in [-0.39, 0.29) is 5.60 Å². The lowest BCUT2D eigenvalue weighted by Crippen LogP contribution is -2.38. The molecule has 1 fully saturated rings. The van der Waals surface area contributed by atoms with E-state index in [1.807, 2.05) is 0 Å². The van der Waals surface area contributed by atoms with Crippen molar-refractivity contribution in [3.8, 4) is 0 Å². The number of nitrogens with two attached hydrogens (primary N) is 1. The minimum absolute atomic E-state index is 0.215. The molecule has 14 heavy (non-hydrogen) atoms. The van der Waals surface area contributed by atoms with Crippen LogP contribution in [-0.4, -0.2) is 17.1 Å². The van der Waals surface area contributed by atoms with E-state index in [0.717, 1.165) is 24.2 Å². The number of ether oxygens (including phenoxy) is 1. The molecule has 2 rings (SSSR count). The summed E-state index contributed by atoms with van der Waals surface area (Å²) in [6, 6.07) is 0. The molecule has 1 aliphatic rings. The zero-order chi connectivity index (χ0) is 10.0. The van der Waals surface area contributed by atoms with Crippen LogP contribution in [0.25, 0.3) is 0 Å². The average Bonchev–Trinajstić information content (AvgIpc) is 2.18. The van der Waals surface area contributed by atoms with Crippen molar-refractivity contribution in [1.29, 1.82) is 0 Å². The van der Waals surface area contributed by atoms with Crippen LogP contribution in [0.15, 0.2) is 12.4 Å². The lowest BCUT2D eigenvalue weighted by atomic mass is 9.79. The van der Waals surface area contributed by atoms with Crippen molar-refractivity contribution >= 4 is 0 Å². The first-order chi connectivity index (χ1) is 6.80. The quantitative estimate of drug-likeness (QED) is 0.776. The number of rotatable bonds is 3. The number of aromatic nitrogens is 2. The zero-order valence-electron chi connectivity index (χ0n) is 8.36. The second-order valence-electron chi connectivity index (χ2n) is 3.67. The fraction of sp³-hybridized carbons (Fsp3) is 0.600. The predicted molar refractivity (Wildman–Crippen MR) is 52.5 cm³/mol. The molecule has 4 nitrogen and oxygen atoms in total. The van der Waals surface area contributed by atoms with Crippen LogP contribution < -0.4 is 5.73 Å². The van der Waals surface area contributed by atoms with Crippen LogP contribution in [0.4, 0.5) is 0 Å². The van der Waals surface area contributed by atoms with Crippen molar-refractivity contribution < 1.29 is 4.74 Å². The average molecular weight is 193 g/mol. The van der Waals surface area contributed by atoms with Crippen LogP contribution in [0.2, 0.25) is 0 Å². The fourth-order valence-electron chi connectivity index (χ4n) is 1.71. The third kappa shape index (κ3) is 1.40. The molecule has 0 aliphatic heterocycles. The Morgan fingerprint density at radius 1 is 1.43 bits per heavy atom. The molecule has 0 bridgehead atoms. The van der Waals surface area contributed by atoms with E-state index in [1.54, 1.807) is 19.5 Å². The molecule has 4 heteroatoms. The smallest absolute Gasteiger partial charge is 0.160 e. The number of hydrogen-bond donors (Lipinski definition) is 1. The Balaban J connectivity index is 2.23. The van der Waals surface area contributed by atoms with Gasteiger partial charge in [0.25, 0.3) is 0 Å². The Kier molecular flexibility index (Phi) is 2.48. The highest BCUT2D eigenvalue weighted by molar-refractivity contribution is 5.12. The Hall–Kier alpha value is -1.00. The fourth-order valence-corrected chi connectivity index (χ4v) is 1.71. The SMILES string of the molecule is COC1(c2ncc(CN)cn2)CCC1. The van der Waals surface area contributed by atoms with Gasteiger partial charge in [0.05, 0.1) is 0 Å². The second-order valence-corrected chi connectivity index (χ2v) is 3.67. The van der Waals surface area contributed by atoms with Gasteiger partial charge in [0, 0.05) is 31.6 Å². The summed E-state index contributed by atoms with van der Waals surface area (Å²) in [5.41, 5.74) is 6.22. The first kappa shape index (κ1) is 9.55. The molecular weight excluding hydrogens is 178 g/mol. The molecule has 0 saturated heterocycles. The van der Waals surface area contributed by atoms with Crippen molar-refractivity contribution in [2.75, 3.05) is 7.11 Å². The highest BCUT2D eigenvalue weighted by Crippen LogP contribution is 2.42. The Morgan fingerprint density at radius 3 is 2.43 bits per heavy atom. The molecule has 1 aromatic heterocycles. The van der Waals surface area contributed by atoms with Crippen molar-refractivity contribution in [2.45, 2.75) is 31.4 Å². The predicted octanol–water partition coefficient (Wildman–Crippen LogP) is 0.961. The maximum Gasteiger partial charge on any atom is 0.160 e. The zero-order valence-corrected chi connectivity index (χ0v) is 8.36. The van der Waals surface area contributed by atoms with Gasteiger partial charge in [-0.15, -0.1) is 0 Å². The topological polar surface area (TPSA) is 61.0 Å². The summed E-state index contributed by atoms with van der Waals surface area (Å²) in [5, 5.41) is 0. The van der Waals surface area contributed by atoms with Crippen LogP contribution in [0.5, 0.6) is 0 Å². The Morgan fingerprint density at radius 2 is 2.07 bits per heavy atom. The highest BCUT2D eigenvalue weighted by atomic mass is 16.5. The van der Waals surface area contributed by atoms with Gasteiger partial charge in [-0.2, -0.15) is 0 Å². The van der Waals surface area contributed by atoms with Crippen LogP contribution in [0.1, 0.15) is 30.7 Å². The summed E-state index contributed by atoms with van der Waals surface area (Å²) < 4.78 is 5.48. The molecule has 1 saturated carbocycles. The molecule has 0 spiro atoms. The molecule has 1 aromatic rings. The second kappa shape index (κ2) is 3.63. The van der Waals surface area contributed by atoms with Crippen LogP contribution in [0, 0.1) is 0 Å². The molecule has 1 aliphatic carbocycles. The first-order valence-corrected chi connectivity index (χ1v) is 4.87. The van der Waals surface area contributed by atoms with Gasteiger partial charge in [-0.05, 0) is 19.3 Å². The van der Waals surface area contributed by atoms with Crippen molar-refractivity contribution in [1.82, 2.24) is 9.97 Å². The van der Waals surface area contributed by atoms with E-state index in [2.05, 4.69) is 9.97 Å². The maximum atomic E-state index is 5.48. The molecule has 0 atom stereocenters. The van der Waals surface area contributed by atoms with Gasteiger partial charge in [0.2, 0.25) is 0 Å². The highest BCUT2D eigenvalue weighted by Gasteiger charge is 2.41. The van der Waals surface area contributed by atoms with E-state index in [1.165, 1.54) is 6.42 Å². The Bertz CT molecular complexity index is 300. The molecule has 0 radical (unpaired) electrons. The molecule has 0 amide bonds. The van der Waals surface area contributed by atoms with Gasteiger partial charge in [-0.3, -0.25) is 0 Å². The van der Waals surface area contributed by atoms with Gasteiger partial charge < -0.3 is 10.5 Å². The lowest BCUT2D eigenvalue weighted by molar-refractivity contribution is -0.0847. The van der Waals surface area contributed by atoms with Gasteiger partial charge in [-0.25, -0.2) is 9.97 Å². The summed E-state index contributed by atoms with van der Waals surface area (Å²) in [6.45, 7) is 0.486. The van der Waals surface area contributed by atoms with E-state index >= 15 is 0 Å². The van der Waals surface area contributed by atoms with Gasteiger partial charge in [0.15, 0.2) is 5.82 Å². The van der Waals surface area contributed by atoms with E-state index in [0.29, 0.717) is 6.54 Å². The molecule has 76 valence electrons. The third-order valence-corrected chi connectivity index (χ3v) is 2.90. The lowest BCUT2D eigenvalue weighted by Gasteiger charge is -2.38. The monoisotopic (exact) mass is 193 g/mol. The summed E-state index contributed by atoms with van der Waals surface area (Å²) in [6.07, 6.45) is 6.79. The van der Waals surface area contributed by atoms with Crippen LogP contribution in [0.3, 0.4) is 0 Å². The van der Waals surface area contributed by atoms with Gasteiger partial charge >= 0.3 is 0 Å². The first-order valence-electron chi connectivity index (χ1n) is 4.87. The van der Waals surface area contributed by atoms with Crippen molar-refractivity contribution in [3.63, 3.8) is 0 Å². The summed E-state index contributed by atoms with van der Waals surface area (Å²) >= 11 is 0. The van der Waals surface area contributed by atoms with Crippen LogP contribution in [-0.2, 0) is 16.9 Å².